The van der Waals surface area contributed by atoms with Crippen molar-refractivity contribution in [1.82, 2.24) is 4.90 Å². The van der Waals surface area contributed by atoms with Crippen LogP contribution in [0.5, 0.6) is 0 Å². The molecule has 4 heteroatoms. The molecule has 2 aliphatic rings. The first-order valence-corrected chi connectivity index (χ1v) is 8.67. The lowest BCUT2D eigenvalue weighted by atomic mass is 9.78. The number of hydrogen-bond acceptors (Lipinski definition) is 4. The smallest absolute Gasteiger partial charge is 0.308 e. The summed E-state index contributed by atoms with van der Waals surface area (Å²) in [7, 11) is 0. The Kier molecular flexibility index (Phi) is 6.06. The van der Waals surface area contributed by atoms with Crippen LogP contribution in [-0.2, 0) is 9.53 Å². The highest BCUT2D eigenvalue weighted by molar-refractivity contribution is 5.72. The molecule has 1 heterocycles. The Morgan fingerprint density at radius 1 is 1.29 bits per heavy atom. The molecule has 21 heavy (non-hydrogen) atoms. The largest absolute Gasteiger partial charge is 0.466 e. The van der Waals surface area contributed by atoms with E-state index in [1.807, 2.05) is 6.92 Å². The molecular formula is C17H31NO3. The minimum absolute atomic E-state index is 0.00311. The maximum absolute atomic E-state index is 11.8. The van der Waals surface area contributed by atoms with E-state index in [0.29, 0.717) is 6.61 Å². The molecule has 0 spiro atoms. The molecule has 0 aromatic rings. The Bertz CT molecular complexity index is 337. The van der Waals surface area contributed by atoms with Crippen molar-refractivity contribution in [2.45, 2.75) is 64.4 Å². The monoisotopic (exact) mass is 297 g/mol. The molecule has 1 unspecified atom stereocenters. The molecule has 4 nitrogen and oxygen atoms in total. The second kappa shape index (κ2) is 7.59. The average molecular weight is 297 g/mol. The van der Waals surface area contributed by atoms with E-state index in [0.717, 1.165) is 51.2 Å². The minimum atomic E-state index is -0.593. The van der Waals surface area contributed by atoms with E-state index in [9.17, 15) is 9.90 Å². The van der Waals surface area contributed by atoms with Gasteiger partial charge in [-0.3, -0.25) is 4.79 Å². The van der Waals surface area contributed by atoms with Gasteiger partial charge in [0.05, 0.1) is 18.1 Å². The van der Waals surface area contributed by atoms with E-state index < -0.39 is 5.60 Å². The third kappa shape index (κ3) is 4.68. The molecule has 122 valence electrons. The molecule has 0 bridgehead atoms. The maximum atomic E-state index is 11.8. The molecule has 1 aliphatic carbocycles. The zero-order valence-corrected chi connectivity index (χ0v) is 13.6. The number of rotatable bonds is 6. The van der Waals surface area contributed by atoms with Crippen LogP contribution >= 0.6 is 0 Å². The van der Waals surface area contributed by atoms with Crippen LogP contribution in [0.4, 0.5) is 0 Å². The summed E-state index contributed by atoms with van der Waals surface area (Å²) in [6, 6.07) is 0. The van der Waals surface area contributed by atoms with Gasteiger partial charge < -0.3 is 14.7 Å². The van der Waals surface area contributed by atoms with Gasteiger partial charge in [-0.1, -0.05) is 13.3 Å². The van der Waals surface area contributed by atoms with Crippen LogP contribution in [0.2, 0.25) is 0 Å². The summed E-state index contributed by atoms with van der Waals surface area (Å²) in [4.78, 5) is 14.2. The van der Waals surface area contributed by atoms with Gasteiger partial charge in [0, 0.05) is 13.1 Å². The zero-order chi connectivity index (χ0) is 15.3. The summed E-state index contributed by atoms with van der Waals surface area (Å²) in [5.41, 5.74) is -0.593. The molecule has 2 rings (SSSR count). The van der Waals surface area contributed by atoms with Gasteiger partial charge in [0.15, 0.2) is 0 Å². The maximum Gasteiger partial charge on any atom is 0.308 e. The van der Waals surface area contributed by atoms with Gasteiger partial charge in [0.25, 0.3) is 0 Å². The third-order valence-corrected chi connectivity index (χ3v) is 5.12. The zero-order valence-electron chi connectivity index (χ0n) is 13.6. The number of nitrogens with zero attached hydrogens (tertiary/aromatic N) is 1. The minimum Gasteiger partial charge on any atom is -0.466 e. The standard InChI is InChI=1S/C17H31NO3/c1-3-5-14-8-11-18(12-14)13-17(20)9-6-15(7-10-17)16(19)21-4-2/h14-15,20H,3-13H2,1-2H3. The van der Waals surface area contributed by atoms with Crippen molar-refractivity contribution in [3.8, 4) is 0 Å². The lowest BCUT2D eigenvalue weighted by molar-refractivity contribution is -0.151. The quantitative estimate of drug-likeness (QED) is 0.766. The Labute approximate surface area is 128 Å². The van der Waals surface area contributed by atoms with E-state index in [4.69, 9.17) is 4.74 Å². The van der Waals surface area contributed by atoms with Gasteiger partial charge >= 0.3 is 5.97 Å². The SMILES string of the molecule is CCCC1CCN(CC2(O)CCC(C(=O)OCC)CC2)C1. The Hall–Kier alpha value is -0.610. The number of ether oxygens (including phenoxy) is 1. The number of carbonyl (C=O) groups excluding carboxylic acids is 1. The molecule has 1 atom stereocenters. The molecule has 0 amide bonds. The average Bonchev–Trinajstić information content (AvgIpc) is 2.87. The van der Waals surface area contributed by atoms with Crippen molar-refractivity contribution < 1.29 is 14.6 Å². The normalized spacial score (nSPS) is 34.0. The fourth-order valence-electron chi connectivity index (χ4n) is 3.93. The highest BCUT2D eigenvalue weighted by Gasteiger charge is 2.38. The van der Waals surface area contributed by atoms with Crippen molar-refractivity contribution in [1.29, 1.82) is 0 Å². The summed E-state index contributed by atoms with van der Waals surface area (Å²) < 4.78 is 5.09. The highest BCUT2D eigenvalue weighted by atomic mass is 16.5. The fraction of sp³-hybridized carbons (Fsp3) is 0.941. The first kappa shape index (κ1) is 16.8. The highest BCUT2D eigenvalue weighted by Crippen LogP contribution is 2.34. The predicted molar refractivity (Wildman–Crippen MR) is 83.0 cm³/mol. The summed E-state index contributed by atoms with van der Waals surface area (Å²) in [5, 5.41) is 10.8. The Balaban J connectivity index is 1.76. The van der Waals surface area contributed by atoms with Gasteiger partial charge in [-0.25, -0.2) is 0 Å². The van der Waals surface area contributed by atoms with Gasteiger partial charge in [0.1, 0.15) is 0 Å². The Morgan fingerprint density at radius 3 is 2.62 bits per heavy atom. The van der Waals surface area contributed by atoms with E-state index >= 15 is 0 Å². The number of likely N-dealkylation sites (tertiary alicyclic amines) is 1. The Morgan fingerprint density at radius 2 is 2.00 bits per heavy atom. The van der Waals surface area contributed by atoms with Crippen molar-refractivity contribution in [2.75, 3.05) is 26.2 Å². The lowest BCUT2D eigenvalue weighted by Crippen LogP contribution is -2.45. The van der Waals surface area contributed by atoms with Crippen LogP contribution in [0, 0.1) is 11.8 Å². The summed E-state index contributed by atoms with van der Waals surface area (Å²) in [5.74, 6) is 0.731. The van der Waals surface area contributed by atoms with Crippen LogP contribution in [0.25, 0.3) is 0 Å². The molecule has 0 aromatic carbocycles. The number of carbonyl (C=O) groups is 1. The van der Waals surface area contributed by atoms with Crippen LogP contribution in [0.3, 0.4) is 0 Å². The molecule has 2 fully saturated rings. The van der Waals surface area contributed by atoms with Gasteiger partial charge in [-0.05, 0) is 57.9 Å². The van der Waals surface area contributed by atoms with E-state index in [-0.39, 0.29) is 11.9 Å². The molecule has 0 aromatic heterocycles. The number of esters is 1. The number of β-amino-alcohol motifs (C(OH)–C–C–N with tert-alkyl or cyclic N) is 1. The number of hydrogen-bond donors (Lipinski definition) is 1. The van der Waals surface area contributed by atoms with Crippen LogP contribution < -0.4 is 0 Å². The van der Waals surface area contributed by atoms with Crippen molar-refractivity contribution in [2.24, 2.45) is 11.8 Å². The van der Waals surface area contributed by atoms with Gasteiger partial charge in [-0.15, -0.1) is 0 Å². The fourth-order valence-corrected chi connectivity index (χ4v) is 3.93. The van der Waals surface area contributed by atoms with Crippen molar-refractivity contribution in [3.63, 3.8) is 0 Å². The van der Waals surface area contributed by atoms with E-state index in [1.54, 1.807) is 0 Å². The topological polar surface area (TPSA) is 49.8 Å². The van der Waals surface area contributed by atoms with Crippen molar-refractivity contribution in [3.05, 3.63) is 0 Å². The first-order chi connectivity index (χ1) is 10.1. The van der Waals surface area contributed by atoms with Gasteiger partial charge in [-0.2, -0.15) is 0 Å². The van der Waals surface area contributed by atoms with Crippen LogP contribution in [0.1, 0.15) is 58.8 Å². The predicted octanol–water partition coefficient (Wildman–Crippen LogP) is 2.59. The van der Waals surface area contributed by atoms with E-state index in [2.05, 4.69) is 11.8 Å². The van der Waals surface area contributed by atoms with E-state index in [1.165, 1.54) is 19.3 Å². The van der Waals surface area contributed by atoms with Crippen molar-refractivity contribution >= 4 is 5.97 Å². The first-order valence-electron chi connectivity index (χ1n) is 8.67. The second-order valence-electron chi connectivity index (χ2n) is 6.93. The molecule has 1 aliphatic heterocycles. The molecular weight excluding hydrogens is 266 g/mol. The van der Waals surface area contributed by atoms with Crippen LogP contribution in [0.15, 0.2) is 0 Å². The second-order valence-corrected chi connectivity index (χ2v) is 6.93. The van der Waals surface area contributed by atoms with Crippen LogP contribution in [-0.4, -0.2) is 47.8 Å². The molecule has 1 saturated heterocycles. The number of aliphatic hydroxyl groups is 1. The molecule has 0 radical (unpaired) electrons. The lowest BCUT2D eigenvalue weighted by Gasteiger charge is -2.37. The summed E-state index contributed by atoms with van der Waals surface area (Å²) >= 11 is 0. The third-order valence-electron chi connectivity index (χ3n) is 5.12. The molecule has 1 saturated carbocycles. The molecule has 1 N–H and O–H groups in total. The van der Waals surface area contributed by atoms with Gasteiger partial charge in [0.2, 0.25) is 0 Å². The summed E-state index contributed by atoms with van der Waals surface area (Å²) in [6.07, 6.45) is 6.82. The summed E-state index contributed by atoms with van der Waals surface area (Å²) in [6.45, 7) is 7.57.